The highest BCUT2D eigenvalue weighted by Crippen LogP contribution is 2.38. The lowest BCUT2D eigenvalue weighted by molar-refractivity contribution is -0.142. The Labute approximate surface area is 150 Å². The van der Waals surface area contributed by atoms with Gasteiger partial charge in [-0.1, -0.05) is 12.8 Å². The molecule has 2 aliphatic heterocycles. The number of hydrogen-bond acceptors (Lipinski definition) is 6. The van der Waals surface area contributed by atoms with Crippen molar-refractivity contribution in [1.82, 2.24) is 14.8 Å². The van der Waals surface area contributed by atoms with Gasteiger partial charge in [0.25, 0.3) is 0 Å². The molecular weight excluding hydrogens is 340 g/mol. The molecule has 0 bridgehead atoms. The van der Waals surface area contributed by atoms with Crippen molar-refractivity contribution in [1.29, 1.82) is 0 Å². The number of amides is 3. The van der Waals surface area contributed by atoms with Gasteiger partial charge in [0.1, 0.15) is 6.54 Å². The summed E-state index contributed by atoms with van der Waals surface area (Å²) in [7, 11) is 2.06. The average Bonchev–Trinajstić information content (AvgIpc) is 3.09. The first-order chi connectivity index (χ1) is 12.0. The minimum absolute atomic E-state index is 0.176. The zero-order valence-electron chi connectivity index (χ0n) is 14.3. The Balaban J connectivity index is 1.41. The number of thiazole rings is 1. The fraction of sp³-hybridized carbons (Fsp3) is 0.647. The van der Waals surface area contributed by atoms with E-state index < -0.39 is 0 Å². The first kappa shape index (κ1) is 16.7. The highest BCUT2D eigenvalue weighted by Gasteiger charge is 2.48. The molecule has 1 aliphatic carbocycles. The Morgan fingerprint density at radius 2 is 1.92 bits per heavy atom. The van der Waals surface area contributed by atoms with Crippen molar-refractivity contribution in [2.45, 2.75) is 38.6 Å². The third-order valence-electron chi connectivity index (χ3n) is 5.40. The summed E-state index contributed by atoms with van der Waals surface area (Å²) in [5.41, 5.74) is 1.04. The summed E-state index contributed by atoms with van der Waals surface area (Å²) in [5.74, 6) is -1.12. The number of anilines is 1. The van der Waals surface area contributed by atoms with Crippen LogP contribution in [0.15, 0.2) is 0 Å². The maximum atomic E-state index is 12.4. The molecule has 3 aliphatic rings. The Kier molecular flexibility index (Phi) is 4.33. The van der Waals surface area contributed by atoms with Gasteiger partial charge in [0.15, 0.2) is 5.13 Å². The summed E-state index contributed by atoms with van der Waals surface area (Å²) in [6.45, 7) is 1.60. The number of carbonyl (C=O) groups is 3. The highest BCUT2D eigenvalue weighted by molar-refractivity contribution is 7.15. The Hall–Kier alpha value is -1.80. The quantitative estimate of drug-likeness (QED) is 0.818. The zero-order chi connectivity index (χ0) is 17.6. The standard InChI is InChI=1S/C17H22N4O3S/c1-20-7-6-12-13(8-20)25-17(18-12)19-14(22)9-21-15(23)10-4-2-3-5-11(10)16(21)24/h10-11H,2-9H2,1H3,(H,18,19,22)/t10-,11+. The summed E-state index contributed by atoms with van der Waals surface area (Å²) in [6.07, 6.45) is 4.38. The van der Waals surface area contributed by atoms with Gasteiger partial charge in [0.05, 0.1) is 17.5 Å². The molecule has 0 aromatic carbocycles. The number of nitrogens with one attached hydrogen (secondary N) is 1. The van der Waals surface area contributed by atoms with E-state index in [0.717, 1.165) is 55.8 Å². The molecule has 0 unspecified atom stereocenters. The lowest BCUT2D eigenvalue weighted by atomic mass is 9.81. The number of likely N-dealkylation sites (tertiary alicyclic amines) is 1. The molecule has 0 spiro atoms. The number of nitrogens with zero attached hydrogens (tertiary/aromatic N) is 3. The number of carbonyl (C=O) groups excluding carboxylic acids is 3. The van der Waals surface area contributed by atoms with E-state index in [1.807, 2.05) is 0 Å². The zero-order valence-corrected chi connectivity index (χ0v) is 15.1. The van der Waals surface area contributed by atoms with Crippen LogP contribution >= 0.6 is 11.3 Å². The topological polar surface area (TPSA) is 82.6 Å². The van der Waals surface area contributed by atoms with Crippen molar-refractivity contribution in [3.63, 3.8) is 0 Å². The van der Waals surface area contributed by atoms with E-state index in [4.69, 9.17) is 0 Å². The molecule has 2 fully saturated rings. The highest BCUT2D eigenvalue weighted by atomic mass is 32.1. The van der Waals surface area contributed by atoms with Crippen LogP contribution in [-0.4, -0.2) is 52.6 Å². The summed E-state index contributed by atoms with van der Waals surface area (Å²) < 4.78 is 0. The second-order valence-corrected chi connectivity index (χ2v) is 8.27. The van der Waals surface area contributed by atoms with E-state index >= 15 is 0 Å². The van der Waals surface area contributed by atoms with E-state index in [2.05, 4.69) is 22.2 Å². The maximum absolute atomic E-state index is 12.4. The Bertz CT molecular complexity index is 707. The maximum Gasteiger partial charge on any atom is 0.246 e. The molecule has 4 rings (SSSR count). The Morgan fingerprint density at radius 1 is 1.24 bits per heavy atom. The van der Waals surface area contributed by atoms with E-state index in [1.54, 1.807) is 0 Å². The van der Waals surface area contributed by atoms with Crippen LogP contribution in [0.4, 0.5) is 5.13 Å². The molecule has 1 saturated heterocycles. The van der Waals surface area contributed by atoms with Crippen LogP contribution in [0, 0.1) is 11.8 Å². The second-order valence-electron chi connectivity index (χ2n) is 7.18. The second kappa shape index (κ2) is 6.49. The fourth-order valence-corrected chi connectivity index (χ4v) is 5.17. The van der Waals surface area contributed by atoms with Crippen LogP contribution in [-0.2, 0) is 27.3 Å². The molecule has 1 N–H and O–H groups in total. The van der Waals surface area contributed by atoms with Gasteiger partial charge in [-0.05, 0) is 19.9 Å². The van der Waals surface area contributed by atoms with Crippen molar-refractivity contribution in [2.75, 3.05) is 25.5 Å². The van der Waals surface area contributed by atoms with Gasteiger partial charge in [-0.3, -0.25) is 19.3 Å². The first-order valence-corrected chi connectivity index (χ1v) is 9.67. The summed E-state index contributed by atoms with van der Waals surface area (Å²) in [5, 5.41) is 3.32. The third kappa shape index (κ3) is 3.08. The van der Waals surface area contributed by atoms with Crippen LogP contribution in [0.3, 0.4) is 0 Å². The number of likely N-dealkylation sites (N-methyl/N-ethyl adjacent to an activating group) is 1. The van der Waals surface area contributed by atoms with Crippen molar-refractivity contribution < 1.29 is 14.4 Å². The minimum atomic E-state index is -0.347. The van der Waals surface area contributed by atoms with Gasteiger partial charge >= 0.3 is 0 Å². The number of imide groups is 1. The predicted octanol–water partition coefficient (Wildman–Crippen LogP) is 1.24. The molecular formula is C17H22N4O3S. The van der Waals surface area contributed by atoms with Gasteiger partial charge < -0.3 is 10.2 Å². The van der Waals surface area contributed by atoms with E-state index in [-0.39, 0.29) is 36.1 Å². The van der Waals surface area contributed by atoms with Crippen molar-refractivity contribution in [3.8, 4) is 0 Å². The van der Waals surface area contributed by atoms with Gasteiger partial charge in [0.2, 0.25) is 17.7 Å². The average molecular weight is 362 g/mol. The van der Waals surface area contributed by atoms with Crippen LogP contribution in [0.2, 0.25) is 0 Å². The SMILES string of the molecule is CN1CCc2nc(NC(=O)CN3C(=O)[C@H]4CCCC[C@H]4C3=O)sc2C1. The molecule has 0 radical (unpaired) electrons. The molecule has 134 valence electrons. The monoisotopic (exact) mass is 362 g/mol. The lowest BCUT2D eigenvalue weighted by Gasteiger charge is -2.20. The van der Waals surface area contributed by atoms with Crippen LogP contribution < -0.4 is 5.32 Å². The fourth-order valence-electron chi connectivity index (χ4n) is 4.07. The Morgan fingerprint density at radius 3 is 2.60 bits per heavy atom. The van der Waals surface area contributed by atoms with Gasteiger partial charge in [-0.15, -0.1) is 11.3 Å². The molecule has 1 saturated carbocycles. The van der Waals surface area contributed by atoms with Gasteiger partial charge in [-0.25, -0.2) is 4.98 Å². The van der Waals surface area contributed by atoms with Gasteiger partial charge in [0, 0.05) is 24.4 Å². The van der Waals surface area contributed by atoms with Crippen molar-refractivity contribution >= 4 is 34.2 Å². The van der Waals surface area contributed by atoms with Crippen molar-refractivity contribution in [3.05, 3.63) is 10.6 Å². The summed E-state index contributed by atoms with van der Waals surface area (Å²) in [4.78, 5) is 46.2. The molecule has 1 aromatic heterocycles. The number of rotatable bonds is 3. The smallest absolute Gasteiger partial charge is 0.246 e. The van der Waals surface area contributed by atoms with Crippen LogP contribution in [0.25, 0.3) is 0 Å². The van der Waals surface area contributed by atoms with Crippen LogP contribution in [0.1, 0.15) is 36.3 Å². The number of aromatic nitrogens is 1. The minimum Gasteiger partial charge on any atom is -0.301 e. The summed E-state index contributed by atoms with van der Waals surface area (Å²) in [6, 6.07) is 0. The molecule has 3 amide bonds. The molecule has 3 heterocycles. The normalized spacial score (nSPS) is 26.5. The molecule has 25 heavy (non-hydrogen) atoms. The largest absolute Gasteiger partial charge is 0.301 e. The number of fused-ring (bicyclic) bond motifs is 2. The molecule has 1 aromatic rings. The van der Waals surface area contributed by atoms with Gasteiger partial charge in [-0.2, -0.15) is 0 Å². The molecule has 2 atom stereocenters. The van der Waals surface area contributed by atoms with E-state index in [1.165, 1.54) is 16.2 Å². The lowest BCUT2D eigenvalue weighted by Crippen LogP contribution is -2.38. The predicted molar refractivity (Wildman–Crippen MR) is 92.9 cm³/mol. The van der Waals surface area contributed by atoms with E-state index in [9.17, 15) is 14.4 Å². The first-order valence-electron chi connectivity index (χ1n) is 8.85. The van der Waals surface area contributed by atoms with Crippen molar-refractivity contribution in [2.24, 2.45) is 11.8 Å². The van der Waals surface area contributed by atoms with Crippen LogP contribution in [0.5, 0.6) is 0 Å². The molecule has 7 nitrogen and oxygen atoms in total. The summed E-state index contributed by atoms with van der Waals surface area (Å²) >= 11 is 1.47. The number of hydrogen-bond donors (Lipinski definition) is 1. The third-order valence-corrected chi connectivity index (χ3v) is 6.40. The molecule has 8 heteroatoms. The van der Waals surface area contributed by atoms with E-state index in [0.29, 0.717) is 5.13 Å².